The first-order chi connectivity index (χ1) is 15.3. The van der Waals surface area contributed by atoms with Crippen molar-refractivity contribution in [3.8, 4) is 0 Å². The van der Waals surface area contributed by atoms with Gasteiger partial charge in [-0.05, 0) is 116 Å². The molecular formula is C31H53N. The molecular weight excluding hydrogens is 386 g/mol. The molecule has 1 heteroatoms. The van der Waals surface area contributed by atoms with Crippen LogP contribution in [-0.4, -0.2) is 18.0 Å². The summed E-state index contributed by atoms with van der Waals surface area (Å²) in [5.74, 6) is 6.83. The minimum Gasteiger partial charge on any atom is -0.375 e. The lowest BCUT2D eigenvalue weighted by Gasteiger charge is -2.60. The fourth-order valence-corrected chi connectivity index (χ4v) is 10.1. The van der Waals surface area contributed by atoms with Gasteiger partial charge in [-0.2, -0.15) is 0 Å². The van der Waals surface area contributed by atoms with Crippen molar-refractivity contribution in [2.24, 2.45) is 52.3 Å². The largest absolute Gasteiger partial charge is 0.375 e. The van der Waals surface area contributed by atoms with Crippen LogP contribution in [0.25, 0.3) is 0 Å². The molecule has 4 aliphatic carbocycles. The van der Waals surface area contributed by atoms with E-state index in [4.69, 9.17) is 0 Å². The summed E-state index contributed by atoms with van der Waals surface area (Å²) in [5, 5.41) is 0. The topological polar surface area (TPSA) is 3.24 Å². The predicted molar refractivity (Wildman–Crippen MR) is 137 cm³/mol. The zero-order chi connectivity index (χ0) is 22.5. The van der Waals surface area contributed by atoms with Gasteiger partial charge in [0, 0.05) is 18.8 Å². The molecule has 3 saturated carbocycles. The highest BCUT2D eigenvalue weighted by Crippen LogP contribution is 2.68. The van der Waals surface area contributed by atoms with Gasteiger partial charge in [-0.25, -0.2) is 0 Å². The van der Waals surface area contributed by atoms with Crippen LogP contribution in [0.1, 0.15) is 118 Å². The summed E-state index contributed by atoms with van der Waals surface area (Å²) < 4.78 is 0. The molecule has 0 aromatic rings. The fourth-order valence-electron chi connectivity index (χ4n) is 10.1. The average molecular weight is 440 g/mol. The van der Waals surface area contributed by atoms with Gasteiger partial charge in [0.1, 0.15) is 0 Å². The second-order valence-corrected chi connectivity index (χ2v) is 14.0. The minimum atomic E-state index is 0.592. The van der Waals surface area contributed by atoms with Crippen molar-refractivity contribution in [3.05, 3.63) is 11.8 Å². The van der Waals surface area contributed by atoms with Crippen molar-refractivity contribution in [1.29, 1.82) is 0 Å². The zero-order valence-electron chi connectivity index (χ0n) is 22.2. The van der Waals surface area contributed by atoms with E-state index in [1.807, 2.05) is 0 Å². The summed E-state index contributed by atoms with van der Waals surface area (Å²) in [6, 6.07) is 0. The Bertz CT molecular complexity index is 687. The van der Waals surface area contributed by atoms with Crippen molar-refractivity contribution in [3.63, 3.8) is 0 Å². The Morgan fingerprint density at radius 3 is 2.41 bits per heavy atom. The summed E-state index contributed by atoms with van der Waals surface area (Å²) in [4.78, 5) is 2.74. The minimum absolute atomic E-state index is 0.592. The quantitative estimate of drug-likeness (QED) is 0.400. The summed E-state index contributed by atoms with van der Waals surface area (Å²) >= 11 is 0. The molecule has 5 rings (SSSR count). The standard InChI is InChI=1S/C31H53N/c1-22(2)9-8-10-23(3)27-13-14-28-26-12-11-24-21-25(32-19-6-7-20-32)15-17-30(24,4)29(26)16-18-31(27,28)5/h15,22-24,26-29H,6-14,16-21H2,1-5H3/t23-,24-,26+,27-,28+,29+,30+,31-/m1/s1. The van der Waals surface area contributed by atoms with E-state index < -0.39 is 0 Å². The van der Waals surface area contributed by atoms with Crippen molar-refractivity contribution < 1.29 is 0 Å². The van der Waals surface area contributed by atoms with Gasteiger partial charge in [-0.1, -0.05) is 60.0 Å². The normalized spacial score (nSPS) is 44.8. The van der Waals surface area contributed by atoms with Crippen molar-refractivity contribution in [2.45, 2.75) is 118 Å². The van der Waals surface area contributed by atoms with Gasteiger partial charge < -0.3 is 4.90 Å². The third-order valence-corrected chi connectivity index (χ3v) is 12.0. The van der Waals surface area contributed by atoms with E-state index in [9.17, 15) is 0 Å². The third-order valence-electron chi connectivity index (χ3n) is 12.0. The van der Waals surface area contributed by atoms with E-state index in [-0.39, 0.29) is 0 Å². The maximum absolute atomic E-state index is 2.76. The summed E-state index contributed by atoms with van der Waals surface area (Å²) in [6.07, 6.45) is 21.9. The molecule has 0 N–H and O–H groups in total. The second kappa shape index (κ2) is 8.96. The Hall–Kier alpha value is -0.460. The van der Waals surface area contributed by atoms with Gasteiger partial charge in [-0.3, -0.25) is 0 Å². The lowest BCUT2D eigenvalue weighted by Crippen LogP contribution is -2.53. The molecule has 0 aromatic carbocycles. The van der Waals surface area contributed by atoms with Gasteiger partial charge in [0.25, 0.3) is 0 Å². The van der Waals surface area contributed by atoms with E-state index in [2.05, 4.69) is 45.6 Å². The predicted octanol–water partition coefficient (Wildman–Crippen LogP) is 8.70. The highest BCUT2D eigenvalue weighted by molar-refractivity contribution is 5.17. The van der Waals surface area contributed by atoms with Gasteiger partial charge in [0.2, 0.25) is 0 Å². The highest BCUT2D eigenvalue weighted by atomic mass is 15.1. The molecule has 0 bridgehead atoms. The molecule has 1 nitrogen and oxygen atoms in total. The number of hydrogen-bond acceptors (Lipinski definition) is 1. The SMILES string of the molecule is CC(C)CCC[C@@H](C)[C@H]1CC[C@H]2[C@@H]3CC[C@@H]4CC(N5CCCC5)=CC[C@]4(C)[C@H]3CC[C@]12C. The Morgan fingerprint density at radius 2 is 1.66 bits per heavy atom. The molecule has 0 aromatic heterocycles. The lowest BCUT2D eigenvalue weighted by atomic mass is 9.45. The van der Waals surface area contributed by atoms with Crippen LogP contribution in [0, 0.1) is 52.3 Å². The van der Waals surface area contributed by atoms with Crippen LogP contribution in [0.15, 0.2) is 11.8 Å². The van der Waals surface area contributed by atoms with Crippen LogP contribution in [0.2, 0.25) is 0 Å². The van der Waals surface area contributed by atoms with Gasteiger partial charge in [-0.15, -0.1) is 0 Å². The fraction of sp³-hybridized carbons (Fsp3) is 0.935. The van der Waals surface area contributed by atoms with E-state index in [1.165, 1.54) is 83.7 Å². The number of allylic oxidation sites excluding steroid dienone is 2. The van der Waals surface area contributed by atoms with Crippen molar-refractivity contribution >= 4 is 0 Å². The Balaban J connectivity index is 1.28. The molecule has 4 fully saturated rings. The van der Waals surface area contributed by atoms with E-state index in [0.717, 1.165) is 41.4 Å². The molecule has 0 spiro atoms. The molecule has 0 amide bonds. The molecule has 182 valence electrons. The smallest absolute Gasteiger partial charge is 0.0175 e. The van der Waals surface area contributed by atoms with E-state index >= 15 is 0 Å². The maximum atomic E-state index is 2.76. The number of fused-ring (bicyclic) bond motifs is 5. The summed E-state index contributed by atoms with van der Waals surface area (Å²) in [7, 11) is 0. The number of nitrogens with zero attached hydrogens (tertiary/aromatic N) is 1. The van der Waals surface area contributed by atoms with Gasteiger partial charge in [0.05, 0.1) is 0 Å². The monoisotopic (exact) mass is 439 g/mol. The van der Waals surface area contributed by atoms with Gasteiger partial charge in [0.15, 0.2) is 0 Å². The second-order valence-electron chi connectivity index (χ2n) is 14.0. The molecule has 32 heavy (non-hydrogen) atoms. The molecule has 0 radical (unpaired) electrons. The lowest BCUT2D eigenvalue weighted by molar-refractivity contribution is -0.103. The Labute approximate surface area is 200 Å². The van der Waals surface area contributed by atoms with Crippen LogP contribution in [-0.2, 0) is 0 Å². The zero-order valence-corrected chi connectivity index (χ0v) is 22.2. The summed E-state index contributed by atoms with van der Waals surface area (Å²) in [6.45, 7) is 15.6. The van der Waals surface area contributed by atoms with Crippen LogP contribution in [0.5, 0.6) is 0 Å². The first-order valence-corrected chi connectivity index (χ1v) is 14.8. The molecule has 1 heterocycles. The van der Waals surface area contributed by atoms with Crippen LogP contribution < -0.4 is 0 Å². The molecule has 0 unspecified atom stereocenters. The highest BCUT2D eigenvalue weighted by Gasteiger charge is 2.60. The molecule has 5 aliphatic rings. The first-order valence-electron chi connectivity index (χ1n) is 14.8. The Morgan fingerprint density at radius 1 is 0.906 bits per heavy atom. The van der Waals surface area contributed by atoms with Crippen molar-refractivity contribution in [1.82, 2.24) is 4.90 Å². The van der Waals surface area contributed by atoms with Crippen molar-refractivity contribution in [2.75, 3.05) is 13.1 Å². The van der Waals surface area contributed by atoms with Gasteiger partial charge >= 0.3 is 0 Å². The number of rotatable bonds is 6. The molecule has 1 saturated heterocycles. The van der Waals surface area contributed by atoms with Crippen LogP contribution >= 0.6 is 0 Å². The maximum Gasteiger partial charge on any atom is 0.0175 e. The van der Waals surface area contributed by atoms with E-state index in [0.29, 0.717) is 10.8 Å². The van der Waals surface area contributed by atoms with E-state index in [1.54, 1.807) is 18.5 Å². The third kappa shape index (κ3) is 3.90. The number of likely N-dealkylation sites (tertiary alicyclic amines) is 1. The number of hydrogen-bond donors (Lipinski definition) is 0. The first kappa shape index (κ1) is 23.3. The van der Waals surface area contributed by atoms with Crippen LogP contribution in [0.4, 0.5) is 0 Å². The summed E-state index contributed by atoms with van der Waals surface area (Å²) in [5.41, 5.74) is 2.97. The Kier molecular flexibility index (Phi) is 6.52. The average Bonchev–Trinajstić information content (AvgIpc) is 3.40. The van der Waals surface area contributed by atoms with Crippen LogP contribution in [0.3, 0.4) is 0 Å². The molecule has 8 atom stereocenters. The molecule has 1 aliphatic heterocycles.